The first kappa shape index (κ1) is 23.6. The van der Waals surface area contributed by atoms with E-state index in [2.05, 4.69) is 27.4 Å². The van der Waals surface area contributed by atoms with Gasteiger partial charge in [0, 0.05) is 61.5 Å². The van der Waals surface area contributed by atoms with Gasteiger partial charge in [0.15, 0.2) is 0 Å². The summed E-state index contributed by atoms with van der Waals surface area (Å²) in [7, 11) is 0. The van der Waals surface area contributed by atoms with Crippen molar-refractivity contribution in [3.05, 3.63) is 39.8 Å². The third kappa shape index (κ3) is 6.07. The van der Waals surface area contributed by atoms with Crippen molar-refractivity contribution in [2.75, 3.05) is 45.8 Å². The van der Waals surface area contributed by atoms with Crippen molar-refractivity contribution in [1.82, 2.24) is 20.4 Å². The number of piperazine rings is 1. The van der Waals surface area contributed by atoms with Gasteiger partial charge in [0.2, 0.25) is 5.91 Å². The zero-order valence-electron chi connectivity index (χ0n) is 18.7. The molecule has 3 atom stereocenters. The third-order valence-electron chi connectivity index (χ3n) is 6.76. The van der Waals surface area contributed by atoms with E-state index in [4.69, 9.17) is 11.6 Å². The van der Waals surface area contributed by atoms with Crippen molar-refractivity contribution in [2.45, 2.75) is 37.5 Å². The van der Waals surface area contributed by atoms with Gasteiger partial charge in [0.05, 0.1) is 4.91 Å². The molecule has 3 unspecified atom stereocenters. The van der Waals surface area contributed by atoms with Crippen LogP contribution in [0.3, 0.4) is 0 Å². The highest BCUT2D eigenvalue weighted by molar-refractivity contribution is 8.04. The minimum absolute atomic E-state index is 0.0208. The summed E-state index contributed by atoms with van der Waals surface area (Å²) in [5.74, 6) is 0.0613. The normalized spacial score (nSPS) is 28.2. The second kappa shape index (κ2) is 11.1. The summed E-state index contributed by atoms with van der Waals surface area (Å²) in [4.78, 5) is 31.0. The van der Waals surface area contributed by atoms with Crippen LogP contribution in [-0.2, 0) is 9.59 Å². The predicted octanol–water partition coefficient (Wildman–Crippen LogP) is 2.83. The molecule has 0 spiro atoms. The van der Waals surface area contributed by atoms with E-state index >= 15 is 0 Å². The number of hydrogen-bond acceptors (Lipinski definition) is 5. The van der Waals surface area contributed by atoms with Gasteiger partial charge in [-0.25, -0.2) is 0 Å². The Bertz CT molecular complexity index is 856. The number of amides is 2. The van der Waals surface area contributed by atoms with Gasteiger partial charge in [-0.3, -0.25) is 14.5 Å². The molecule has 3 fully saturated rings. The van der Waals surface area contributed by atoms with Crippen molar-refractivity contribution in [2.24, 2.45) is 5.92 Å². The Hall–Kier alpha value is -1.54. The standard InChI is InChI=1S/C24H33ClN4O2S/c1-2-28-10-12-29(13-11-28)9-8-26-23(30)18-6-7-21-20(16-18)27-24(31)22(32-21)15-17-4-3-5-19(25)14-17/h3-5,14-15,18,20-21H,2,6-13,16H2,1H3,(H,26,30)(H,27,31)/b22-15+. The molecule has 1 saturated carbocycles. The smallest absolute Gasteiger partial charge is 0.257 e. The molecule has 1 aliphatic carbocycles. The van der Waals surface area contributed by atoms with E-state index in [-0.39, 0.29) is 23.8 Å². The molecule has 2 N–H and O–H groups in total. The summed E-state index contributed by atoms with van der Waals surface area (Å²) in [6, 6.07) is 7.57. The molecule has 0 bridgehead atoms. The van der Waals surface area contributed by atoms with Crippen LogP contribution in [0.25, 0.3) is 6.08 Å². The number of fused-ring (bicyclic) bond motifs is 1. The van der Waals surface area contributed by atoms with Gasteiger partial charge >= 0.3 is 0 Å². The fourth-order valence-electron chi connectivity index (χ4n) is 4.79. The molecule has 1 aromatic rings. The van der Waals surface area contributed by atoms with Crippen LogP contribution in [0.5, 0.6) is 0 Å². The van der Waals surface area contributed by atoms with Gasteiger partial charge in [0.1, 0.15) is 0 Å². The van der Waals surface area contributed by atoms with Gasteiger partial charge in [-0.1, -0.05) is 30.7 Å². The van der Waals surface area contributed by atoms with Crippen LogP contribution >= 0.6 is 23.4 Å². The molecule has 3 aliphatic rings. The van der Waals surface area contributed by atoms with Crippen LogP contribution in [0.15, 0.2) is 29.2 Å². The average molecular weight is 477 g/mol. The van der Waals surface area contributed by atoms with E-state index in [1.807, 2.05) is 30.3 Å². The molecular weight excluding hydrogens is 444 g/mol. The highest BCUT2D eigenvalue weighted by Gasteiger charge is 2.39. The maximum atomic E-state index is 12.8. The van der Waals surface area contributed by atoms with Crippen LogP contribution in [0, 0.1) is 5.92 Å². The Balaban J connectivity index is 1.24. The molecule has 0 aromatic heterocycles. The minimum Gasteiger partial charge on any atom is -0.355 e. The number of likely N-dealkylation sites (N-methyl/N-ethyl adjacent to an activating group) is 1. The average Bonchev–Trinajstić information content (AvgIpc) is 2.79. The molecule has 32 heavy (non-hydrogen) atoms. The first-order chi connectivity index (χ1) is 15.5. The van der Waals surface area contributed by atoms with E-state index < -0.39 is 0 Å². The summed E-state index contributed by atoms with van der Waals surface area (Å²) in [6.45, 7) is 9.30. The molecule has 174 valence electrons. The second-order valence-corrected chi connectivity index (χ2v) is 10.6. The fourth-order valence-corrected chi connectivity index (χ4v) is 6.28. The van der Waals surface area contributed by atoms with Crippen molar-refractivity contribution < 1.29 is 9.59 Å². The fraction of sp³-hybridized carbons (Fsp3) is 0.583. The van der Waals surface area contributed by atoms with Crippen LogP contribution < -0.4 is 10.6 Å². The number of carbonyl (C=O) groups excluding carboxylic acids is 2. The minimum atomic E-state index is -0.0523. The number of thioether (sulfide) groups is 1. The van der Waals surface area contributed by atoms with Crippen molar-refractivity contribution >= 4 is 41.3 Å². The van der Waals surface area contributed by atoms with Gasteiger partial charge < -0.3 is 15.5 Å². The molecule has 4 rings (SSSR count). The number of carbonyl (C=O) groups is 2. The molecule has 2 saturated heterocycles. The molecule has 8 heteroatoms. The summed E-state index contributed by atoms with van der Waals surface area (Å²) < 4.78 is 0. The third-order valence-corrected chi connectivity index (χ3v) is 8.42. The first-order valence-electron chi connectivity index (χ1n) is 11.7. The topological polar surface area (TPSA) is 64.7 Å². The first-order valence-corrected chi connectivity index (χ1v) is 12.9. The number of halogens is 1. The largest absolute Gasteiger partial charge is 0.355 e. The molecule has 1 aromatic carbocycles. The SMILES string of the molecule is CCN1CCN(CCNC(=O)C2CCC3S/C(=C/c4cccc(Cl)c4)C(=O)NC3C2)CC1. The maximum Gasteiger partial charge on any atom is 0.257 e. The van der Waals surface area contributed by atoms with Gasteiger partial charge in [-0.2, -0.15) is 0 Å². The number of rotatable bonds is 6. The lowest BCUT2D eigenvalue weighted by Crippen LogP contribution is -2.52. The lowest BCUT2D eigenvalue weighted by molar-refractivity contribution is -0.127. The Labute approximate surface area is 200 Å². The van der Waals surface area contributed by atoms with Crippen molar-refractivity contribution in [3.63, 3.8) is 0 Å². The van der Waals surface area contributed by atoms with Crippen LogP contribution in [0.1, 0.15) is 31.7 Å². The molecule has 2 amide bonds. The van der Waals surface area contributed by atoms with E-state index in [1.54, 1.807) is 11.8 Å². The van der Waals surface area contributed by atoms with Gasteiger partial charge in [-0.15, -0.1) is 11.8 Å². The van der Waals surface area contributed by atoms with Crippen molar-refractivity contribution in [1.29, 1.82) is 0 Å². The van der Waals surface area contributed by atoms with Crippen LogP contribution in [0.2, 0.25) is 5.02 Å². The van der Waals surface area contributed by atoms with E-state index in [0.717, 1.165) is 69.0 Å². The number of hydrogen-bond donors (Lipinski definition) is 2. The van der Waals surface area contributed by atoms with E-state index in [9.17, 15) is 9.59 Å². The quantitative estimate of drug-likeness (QED) is 0.618. The lowest BCUT2D eigenvalue weighted by Gasteiger charge is -2.39. The lowest BCUT2D eigenvalue weighted by atomic mass is 9.84. The Kier molecular flexibility index (Phi) is 8.16. The highest BCUT2D eigenvalue weighted by atomic mass is 35.5. The van der Waals surface area contributed by atoms with Gasteiger partial charge in [-0.05, 0) is 49.6 Å². The highest BCUT2D eigenvalue weighted by Crippen LogP contribution is 2.40. The number of benzene rings is 1. The Morgan fingerprint density at radius 2 is 2.03 bits per heavy atom. The summed E-state index contributed by atoms with van der Waals surface area (Å²) in [6.07, 6.45) is 4.42. The molecular formula is C24H33ClN4O2S. The van der Waals surface area contributed by atoms with Crippen LogP contribution in [0.4, 0.5) is 0 Å². The van der Waals surface area contributed by atoms with Crippen LogP contribution in [-0.4, -0.2) is 78.7 Å². The summed E-state index contributed by atoms with van der Waals surface area (Å²) in [5, 5.41) is 7.27. The van der Waals surface area contributed by atoms with Gasteiger partial charge in [0.25, 0.3) is 5.91 Å². The van der Waals surface area contributed by atoms with Crippen molar-refractivity contribution in [3.8, 4) is 0 Å². The van der Waals surface area contributed by atoms with E-state index in [0.29, 0.717) is 16.8 Å². The zero-order chi connectivity index (χ0) is 22.5. The second-order valence-electron chi connectivity index (χ2n) is 8.88. The summed E-state index contributed by atoms with van der Waals surface area (Å²) in [5.41, 5.74) is 0.928. The molecule has 0 radical (unpaired) electrons. The maximum absolute atomic E-state index is 12.8. The number of nitrogens with zero attached hydrogens (tertiary/aromatic N) is 2. The number of nitrogens with one attached hydrogen (secondary N) is 2. The monoisotopic (exact) mass is 476 g/mol. The Morgan fingerprint density at radius 3 is 2.78 bits per heavy atom. The molecule has 2 heterocycles. The molecule has 2 aliphatic heterocycles. The molecule has 6 nitrogen and oxygen atoms in total. The summed E-state index contributed by atoms with van der Waals surface area (Å²) >= 11 is 7.71. The predicted molar refractivity (Wildman–Crippen MR) is 132 cm³/mol. The Morgan fingerprint density at radius 1 is 1.25 bits per heavy atom. The van der Waals surface area contributed by atoms with E-state index in [1.165, 1.54) is 0 Å². The zero-order valence-corrected chi connectivity index (χ0v) is 20.3.